The number of hydrogen-bond acceptors (Lipinski definition) is 3. The number of thioether (sulfide) groups is 1. The van der Waals surface area contributed by atoms with Gasteiger partial charge in [-0.05, 0) is 62.9 Å². The van der Waals surface area contributed by atoms with Gasteiger partial charge in [-0.15, -0.1) is 0 Å². The van der Waals surface area contributed by atoms with Gasteiger partial charge < -0.3 is 0 Å². The van der Waals surface area contributed by atoms with Gasteiger partial charge in [0, 0.05) is 6.04 Å². The van der Waals surface area contributed by atoms with Crippen LogP contribution >= 0.6 is 11.8 Å². The molecule has 18 heavy (non-hydrogen) atoms. The van der Waals surface area contributed by atoms with Crippen LogP contribution in [0.15, 0.2) is 0 Å². The summed E-state index contributed by atoms with van der Waals surface area (Å²) in [5, 5.41) is 12.7. The molecule has 0 bridgehead atoms. The third-order valence-electron chi connectivity index (χ3n) is 3.40. The molecular weight excluding hydrogens is 240 g/mol. The van der Waals surface area contributed by atoms with Crippen LogP contribution in [0.2, 0.25) is 0 Å². The van der Waals surface area contributed by atoms with Crippen molar-refractivity contribution >= 4 is 11.8 Å². The zero-order chi connectivity index (χ0) is 13.4. The van der Waals surface area contributed by atoms with E-state index in [-0.39, 0.29) is 5.54 Å². The molecule has 1 aliphatic rings. The summed E-state index contributed by atoms with van der Waals surface area (Å²) < 4.78 is 0. The first-order valence-electron chi connectivity index (χ1n) is 7.32. The molecule has 0 spiro atoms. The van der Waals surface area contributed by atoms with E-state index >= 15 is 0 Å². The first-order valence-corrected chi connectivity index (χ1v) is 8.48. The Kier molecular flexibility index (Phi) is 7.11. The molecule has 0 aromatic carbocycles. The molecule has 0 heterocycles. The Labute approximate surface area is 117 Å². The summed E-state index contributed by atoms with van der Waals surface area (Å²) in [5.74, 6) is 3.35. The molecule has 0 aromatic heterocycles. The first kappa shape index (κ1) is 15.9. The maximum atomic E-state index is 9.25. The van der Waals surface area contributed by atoms with Crippen molar-refractivity contribution < 1.29 is 0 Å². The Balaban J connectivity index is 2.00. The number of hydrogen-bond donors (Lipinski definition) is 1. The molecule has 0 saturated heterocycles. The van der Waals surface area contributed by atoms with E-state index < -0.39 is 0 Å². The number of nitrogens with one attached hydrogen (secondary N) is 1. The maximum absolute atomic E-state index is 9.25. The topological polar surface area (TPSA) is 35.8 Å². The summed E-state index contributed by atoms with van der Waals surface area (Å²) in [4.78, 5) is 0. The van der Waals surface area contributed by atoms with E-state index in [1.165, 1.54) is 43.6 Å². The number of rotatable bonds is 10. The van der Waals surface area contributed by atoms with Gasteiger partial charge in [0.1, 0.15) is 5.54 Å². The molecule has 1 aliphatic carbocycles. The van der Waals surface area contributed by atoms with Gasteiger partial charge >= 0.3 is 0 Å². The quantitative estimate of drug-likeness (QED) is 0.609. The summed E-state index contributed by atoms with van der Waals surface area (Å²) in [5.41, 5.74) is -0.288. The van der Waals surface area contributed by atoms with Crippen LogP contribution < -0.4 is 5.32 Å². The van der Waals surface area contributed by atoms with Crippen LogP contribution in [-0.4, -0.2) is 23.1 Å². The molecule has 0 amide bonds. The first-order chi connectivity index (χ1) is 8.56. The van der Waals surface area contributed by atoms with Gasteiger partial charge in [-0.1, -0.05) is 13.8 Å². The number of nitrogens with zero attached hydrogens (tertiary/aromatic N) is 1. The van der Waals surface area contributed by atoms with Crippen molar-refractivity contribution in [3.8, 4) is 6.07 Å². The van der Waals surface area contributed by atoms with Gasteiger partial charge in [0.05, 0.1) is 6.07 Å². The van der Waals surface area contributed by atoms with Gasteiger partial charge in [0.15, 0.2) is 0 Å². The lowest BCUT2D eigenvalue weighted by Gasteiger charge is -2.23. The third kappa shape index (κ3) is 7.28. The number of unbranched alkanes of at least 4 members (excludes halogenated alkanes) is 1. The maximum Gasteiger partial charge on any atom is 0.104 e. The lowest BCUT2D eigenvalue weighted by molar-refractivity contribution is 0.402. The van der Waals surface area contributed by atoms with Crippen LogP contribution in [0.1, 0.15) is 59.3 Å². The molecule has 1 fully saturated rings. The van der Waals surface area contributed by atoms with Crippen LogP contribution in [0.3, 0.4) is 0 Å². The molecule has 1 unspecified atom stereocenters. The van der Waals surface area contributed by atoms with E-state index in [1.807, 2.05) is 0 Å². The minimum Gasteiger partial charge on any atom is -0.297 e. The van der Waals surface area contributed by atoms with Crippen molar-refractivity contribution in [2.75, 3.05) is 11.5 Å². The van der Waals surface area contributed by atoms with Gasteiger partial charge in [0.2, 0.25) is 0 Å². The minimum absolute atomic E-state index is 0.288. The SMILES string of the molecule is CC(C)CCSCCCCC(C)(C#N)NC1CC1. The summed E-state index contributed by atoms with van der Waals surface area (Å²) in [6.07, 6.45) is 7.23. The Morgan fingerprint density at radius 3 is 2.61 bits per heavy atom. The van der Waals surface area contributed by atoms with E-state index in [0.717, 1.165) is 12.3 Å². The van der Waals surface area contributed by atoms with E-state index in [2.05, 4.69) is 43.9 Å². The molecule has 2 nitrogen and oxygen atoms in total. The van der Waals surface area contributed by atoms with E-state index in [0.29, 0.717) is 6.04 Å². The summed E-state index contributed by atoms with van der Waals surface area (Å²) in [6, 6.07) is 3.07. The van der Waals surface area contributed by atoms with Gasteiger partial charge in [-0.3, -0.25) is 5.32 Å². The Bertz CT molecular complexity index is 268. The van der Waals surface area contributed by atoms with Crippen molar-refractivity contribution in [2.45, 2.75) is 70.9 Å². The van der Waals surface area contributed by atoms with Crippen LogP contribution in [0.5, 0.6) is 0 Å². The normalized spacial score (nSPS) is 18.6. The van der Waals surface area contributed by atoms with Crippen molar-refractivity contribution in [1.29, 1.82) is 5.26 Å². The number of nitriles is 1. The van der Waals surface area contributed by atoms with E-state index in [1.54, 1.807) is 0 Å². The zero-order valence-corrected chi connectivity index (χ0v) is 13.0. The fourth-order valence-corrected chi connectivity index (χ4v) is 3.19. The van der Waals surface area contributed by atoms with Crippen LogP contribution in [0, 0.1) is 17.2 Å². The molecule has 3 heteroatoms. The molecule has 0 aromatic rings. The van der Waals surface area contributed by atoms with Crippen molar-refractivity contribution in [3.05, 3.63) is 0 Å². The van der Waals surface area contributed by atoms with Gasteiger partial charge in [-0.25, -0.2) is 0 Å². The smallest absolute Gasteiger partial charge is 0.104 e. The van der Waals surface area contributed by atoms with Crippen LogP contribution in [0.4, 0.5) is 0 Å². The lowest BCUT2D eigenvalue weighted by Crippen LogP contribution is -2.42. The highest BCUT2D eigenvalue weighted by Gasteiger charge is 2.31. The molecule has 1 atom stereocenters. The summed E-state index contributed by atoms with van der Waals surface area (Å²) in [6.45, 7) is 6.61. The largest absolute Gasteiger partial charge is 0.297 e. The highest BCUT2D eigenvalue weighted by Crippen LogP contribution is 2.25. The second-order valence-electron chi connectivity index (χ2n) is 6.11. The average molecular weight is 268 g/mol. The Hall–Kier alpha value is -0.200. The van der Waals surface area contributed by atoms with Crippen molar-refractivity contribution in [2.24, 2.45) is 5.92 Å². The van der Waals surface area contributed by atoms with Crippen LogP contribution in [0.25, 0.3) is 0 Å². The van der Waals surface area contributed by atoms with Crippen molar-refractivity contribution in [1.82, 2.24) is 5.32 Å². The average Bonchev–Trinajstić information content (AvgIpc) is 3.11. The minimum atomic E-state index is -0.288. The Morgan fingerprint density at radius 2 is 2.06 bits per heavy atom. The monoisotopic (exact) mass is 268 g/mol. The second-order valence-corrected chi connectivity index (χ2v) is 7.34. The Morgan fingerprint density at radius 1 is 1.33 bits per heavy atom. The molecule has 104 valence electrons. The zero-order valence-electron chi connectivity index (χ0n) is 12.2. The predicted octanol–water partition coefficient (Wildman–Crippen LogP) is 3.97. The van der Waals surface area contributed by atoms with E-state index in [4.69, 9.17) is 0 Å². The molecule has 1 rings (SSSR count). The second kappa shape index (κ2) is 8.07. The summed E-state index contributed by atoms with van der Waals surface area (Å²) >= 11 is 2.06. The van der Waals surface area contributed by atoms with Gasteiger partial charge in [0.25, 0.3) is 0 Å². The highest BCUT2D eigenvalue weighted by molar-refractivity contribution is 7.99. The van der Waals surface area contributed by atoms with Gasteiger partial charge in [-0.2, -0.15) is 17.0 Å². The lowest BCUT2D eigenvalue weighted by atomic mass is 9.96. The summed E-state index contributed by atoms with van der Waals surface area (Å²) in [7, 11) is 0. The third-order valence-corrected chi connectivity index (χ3v) is 4.50. The standard InChI is InChI=1S/C15H28N2S/c1-13(2)8-11-18-10-5-4-9-15(3,12-16)17-14-6-7-14/h13-14,17H,4-11H2,1-3H3. The highest BCUT2D eigenvalue weighted by atomic mass is 32.2. The molecule has 0 radical (unpaired) electrons. The molecular formula is C15H28N2S. The molecule has 1 N–H and O–H groups in total. The molecule has 1 saturated carbocycles. The van der Waals surface area contributed by atoms with E-state index in [9.17, 15) is 5.26 Å². The predicted molar refractivity (Wildman–Crippen MR) is 80.8 cm³/mol. The van der Waals surface area contributed by atoms with Crippen molar-refractivity contribution in [3.63, 3.8) is 0 Å². The van der Waals surface area contributed by atoms with Crippen LogP contribution in [-0.2, 0) is 0 Å². The fraction of sp³-hybridized carbons (Fsp3) is 0.933. The fourth-order valence-electron chi connectivity index (χ4n) is 1.94. The molecule has 0 aliphatic heterocycles.